The first-order chi connectivity index (χ1) is 20.6. The summed E-state index contributed by atoms with van der Waals surface area (Å²) in [5, 5.41) is 9.24. The molecule has 1 aromatic carbocycles. The molecule has 0 atom stereocenters. The van der Waals surface area contributed by atoms with Crippen molar-refractivity contribution >= 4 is 38.5 Å². The Balaban J connectivity index is 1.52. The van der Waals surface area contributed by atoms with Crippen LogP contribution in [0.2, 0.25) is 0 Å². The number of benzene rings is 1. The second-order valence-corrected chi connectivity index (χ2v) is 12.6. The lowest BCUT2D eigenvalue weighted by Gasteiger charge is -2.32. The third-order valence-corrected chi connectivity index (χ3v) is 8.34. The number of amides is 1. The number of carbonyl (C=O) groups is 1. The number of anilines is 2. The maximum absolute atomic E-state index is 15.2. The zero-order valence-corrected chi connectivity index (χ0v) is 25.0. The monoisotopic (exact) mass is 617 g/mol. The van der Waals surface area contributed by atoms with Gasteiger partial charge in [-0.1, -0.05) is 0 Å². The zero-order valence-electron chi connectivity index (χ0n) is 24.2. The van der Waals surface area contributed by atoms with Gasteiger partial charge < -0.3 is 14.4 Å². The van der Waals surface area contributed by atoms with Gasteiger partial charge in [0.25, 0.3) is 0 Å². The van der Waals surface area contributed by atoms with Crippen molar-refractivity contribution < 1.29 is 32.3 Å². The summed E-state index contributed by atoms with van der Waals surface area (Å²) in [5.74, 6) is 0.108. The second-order valence-electron chi connectivity index (χ2n) is 10.9. The quantitative estimate of drug-likeness (QED) is 0.227. The van der Waals surface area contributed by atoms with Crippen LogP contribution in [0.15, 0.2) is 24.4 Å². The smallest absolute Gasteiger partial charge is 0.243 e. The van der Waals surface area contributed by atoms with Crippen LogP contribution in [-0.2, 0) is 26.1 Å². The number of sulfonamides is 1. The largest absolute Gasteiger partial charge is 0.480 e. The lowest BCUT2D eigenvalue weighted by atomic mass is 9.91. The van der Waals surface area contributed by atoms with Crippen molar-refractivity contribution in [3.05, 3.63) is 35.8 Å². The Morgan fingerprint density at radius 1 is 1.16 bits per heavy atom. The van der Waals surface area contributed by atoms with Crippen LogP contribution in [0.1, 0.15) is 31.2 Å². The topological polar surface area (TPSA) is 159 Å². The number of hydrogen-bond acceptors (Lipinski definition) is 11. The fraction of sp³-hybridized carbons (Fsp3) is 0.500. The number of halogens is 1. The summed E-state index contributed by atoms with van der Waals surface area (Å²) < 4.78 is 52.5. The van der Waals surface area contributed by atoms with Crippen LogP contribution >= 0.6 is 0 Å². The van der Waals surface area contributed by atoms with Crippen LogP contribution in [0.5, 0.6) is 5.88 Å². The molecule has 2 saturated heterocycles. The number of fused-ring (bicyclic) bond motifs is 1. The number of hydroxylamine groups is 1. The molecular weight excluding hydrogens is 581 g/mol. The molecule has 3 aromatic rings. The number of piperidine rings is 1. The van der Waals surface area contributed by atoms with Crippen LogP contribution in [0.3, 0.4) is 0 Å². The summed E-state index contributed by atoms with van der Waals surface area (Å²) in [7, 11) is -2.25. The summed E-state index contributed by atoms with van der Waals surface area (Å²) >= 11 is 0. The predicted octanol–water partition coefficient (Wildman–Crippen LogP) is 2.55. The minimum absolute atomic E-state index is 0.0909. The van der Waals surface area contributed by atoms with Gasteiger partial charge in [-0.15, -0.1) is 0 Å². The lowest BCUT2D eigenvalue weighted by Crippen LogP contribution is -2.37. The molecule has 0 unspecified atom stereocenters. The molecule has 1 amide bonds. The van der Waals surface area contributed by atoms with Crippen LogP contribution < -0.4 is 19.8 Å². The molecule has 13 nitrogen and oxygen atoms in total. The number of aromatic nitrogens is 3. The van der Waals surface area contributed by atoms with E-state index in [1.807, 2.05) is 4.90 Å². The molecule has 43 heavy (non-hydrogen) atoms. The minimum Gasteiger partial charge on any atom is -0.480 e. The van der Waals surface area contributed by atoms with Crippen molar-refractivity contribution in [2.45, 2.75) is 32.2 Å². The summed E-state index contributed by atoms with van der Waals surface area (Å²) in [5.41, 5.74) is 4.02. The van der Waals surface area contributed by atoms with Gasteiger partial charge in [-0.3, -0.25) is 19.6 Å². The van der Waals surface area contributed by atoms with Gasteiger partial charge in [-0.2, -0.15) is 0 Å². The molecule has 2 aromatic heterocycles. The first-order valence-electron chi connectivity index (χ1n) is 14.1. The fourth-order valence-corrected chi connectivity index (χ4v) is 6.13. The predicted molar refractivity (Wildman–Crippen MR) is 158 cm³/mol. The van der Waals surface area contributed by atoms with E-state index in [0.717, 1.165) is 32.2 Å². The Hall–Kier alpha value is -3.66. The van der Waals surface area contributed by atoms with Crippen molar-refractivity contribution in [3.8, 4) is 17.1 Å². The molecule has 0 aliphatic carbocycles. The summed E-state index contributed by atoms with van der Waals surface area (Å²) in [4.78, 5) is 29.8. The number of pyridine rings is 1. The van der Waals surface area contributed by atoms with Crippen molar-refractivity contribution in [2.24, 2.45) is 5.92 Å². The van der Waals surface area contributed by atoms with E-state index in [1.54, 1.807) is 11.5 Å². The number of hydrogen-bond donors (Lipinski definition) is 3. The molecule has 0 saturated carbocycles. The number of ether oxygens (including phenoxy) is 2. The van der Waals surface area contributed by atoms with Gasteiger partial charge in [0.1, 0.15) is 11.5 Å². The highest BCUT2D eigenvalue weighted by atomic mass is 32.2. The average molecular weight is 618 g/mol. The molecule has 3 N–H and O–H groups in total. The highest BCUT2D eigenvalue weighted by Crippen LogP contribution is 2.35. The number of morpholine rings is 1. The van der Waals surface area contributed by atoms with E-state index < -0.39 is 15.8 Å². The molecule has 0 spiro atoms. The number of carbonyl (C=O) groups excluding carboxylic acids is 1. The van der Waals surface area contributed by atoms with Gasteiger partial charge in [0.2, 0.25) is 27.8 Å². The first kappa shape index (κ1) is 30.8. The number of nitrogens with zero attached hydrogens (tertiary/aromatic N) is 5. The SMILES string of the molecule is COc1ncc(-c2nc(N3CCOCC3)nc3c(CN4CCC(CCC(=O)NO)CC4)cc(F)cc23)cc1NS(C)(=O)=O. The molecule has 0 radical (unpaired) electrons. The van der Waals surface area contributed by atoms with Crippen LogP contribution in [0.25, 0.3) is 22.2 Å². The molecule has 2 aliphatic rings. The van der Waals surface area contributed by atoms with E-state index in [-0.39, 0.29) is 23.9 Å². The summed E-state index contributed by atoms with van der Waals surface area (Å²) in [6, 6.07) is 4.47. The van der Waals surface area contributed by atoms with E-state index in [9.17, 15) is 13.2 Å². The molecule has 232 valence electrons. The fourth-order valence-electron chi connectivity index (χ4n) is 5.58. The highest BCUT2D eigenvalue weighted by molar-refractivity contribution is 7.92. The number of likely N-dealkylation sites (tertiary alicyclic amines) is 1. The highest BCUT2D eigenvalue weighted by Gasteiger charge is 2.24. The molecule has 15 heteroatoms. The van der Waals surface area contributed by atoms with Crippen LogP contribution in [-0.4, -0.2) is 92.1 Å². The maximum atomic E-state index is 15.2. The zero-order chi connectivity index (χ0) is 30.6. The Kier molecular flexibility index (Phi) is 9.54. The summed E-state index contributed by atoms with van der Waals surface area (Å²) in [6.45, 7) is 4.25. The lowest BCUT2D eigenvalue weighted by molar-refractivity contribution is -0.129. The first-order valence-corrected chi connectivity index (χ1v) is 16.0. The molecular formula is C28H36FN7O6S. The molecule has 2 fully saturated rings. The number of nitrogens with one attached hydrogen (secondary N) is 2. The average Bonchev–Trinajstić information content (AvgIpc) is 2.99. The normalized spacial score (nSPS) is 16.8. The van der Waals surface area contributed by atoms with Crippen molar-refractivity contribution in [2.75, 3.05) is 62.4 Å². The number of methoxy groups -OCH3 is 1. The van der Waals surface area contributed by atoms with Gasteiger partial charge in [-0.25, -0.2) is 33.2 Å². The second kappa shape index (κ2) is 13.3. The standard InChI is InChI=1S/C28H36FN7O6S/c1-41-27-23(34-43(2,39)40)14-19(16-30-27)25-22-15-21(29)13-20(26(22)32-28(31-25)36-9-11-42-12-10-36)17-35-7-5-18(6-8-35)3-4-24(37)33-38/h13-16,18,34,38H,3-12,17H2,1-2H3,(H,33,37). The molecule has 0 bridgehead atoms. The van der Waals surface area contributed by atoms with Gasteiger partial charge >= 0.3 is 0 Å². The van der Waals surface area contributed by atoms with E-state index in [4.69, 9.17) is 24.6 Å². The maximum Gasteiger partial charge on any atom is 0.243 e. The van der Waals surface area contributed by atoms with Gasteiger partial charge in [-0.05, 0) is 62.0 Å². The Labute approximate surface area is 249 Å². The van der Waals surface area contributed by atoms with Crippen LogP contribution in [0, 0.1) is 11.7 Å². The van der Waals surface area contributed by atoms with Gasteiger partial charge in [0.15, 0.2) is 0 Å². The van der Waals surface area contributed by atoms with E-state index >= 15 is 4.39 Å². The van der Waals surface area contributed by atoms with E-state index in [1.165, 1.54) is 25.4 Å². The van der Waals surface area contributed by atoms with Gasteiger partial charge in [0, 0.05) is 43.2 Å². The molecule has 5 rings (SSSR count). The Morgan fingerprint density at radius 2 is 1.91 bits per heavy atom. The van der Waals surface area contributed by atoms with E-state index in [2.05, 4.69) is 14.6 Å². The van der Waals surface area contributed by atoms with Crippen LogP contribution in [0.4, 0.5) is 16.0 Å². The van der Waals surface area contributed by atoms with Crippen molar-refractivity contribution in [1.29, 1.82) is 0 Å². The van der Waals surface area contributed by atoms with Crippen molar-refractivity contribution in [1.82, 2.24) is 25.3 Å². The Morgan fingerprint density at radius 3 is 2.58 bits per heavy atom. The minimum atomic E-state index is -3.64. The molecule has 4 heterocycles. The summed E-state index contributed by atoms with van der Waals surface area (Å²) in [6.07, 6.45) is 5.31. The van der Waals surface area contributed by atoms with Crippen molar-refractivity contribution in [3.63, 3.8) is 0 Å². The van der Waals surface area contributed by atoms with Gasteiger partial charge in [0.05, 0.1) is 37.8 Å². The third kappa shape index (κ3) is 7.65. The third-order valence-electron chi connectivity index (χ3n) is 7.75. The van der Waals surface area contributed by atoms with E-state index in [0.29, 0.717) is 78.9 Å². The Bertz CT molecular complexity index is 1580. The number of rotatable bonds is 10. The molecule has 2 aliphatic heterocycles.